The van der Waals surface area contributed by atoms with Crippen LogP contribution in [-0.4, -0.2) is 45.0 Å². The first-order chi connectivity index (χ1) is 18.0. The van der Waals surface area contributed by atoms with E-state index < -0.39 is 16.1 Å². The zero-order chi connectivity index (χ0) is 25.7. The van der Waals surface area contributed by atoms with E-state index in [0.29, 0.717) is 23.5 Å². The molecule has 0 aromatic heterocycles. The zero-order valence-corrected chi connectivity index (χ0v) is 21.7. The van der Waals surface area contributed by atoms with Crippen LogP contribution in [0.15, 0.2) is 78.9 Å². The molecule has 7 nitrogen and oxygen atoms in total. The number of amides is 1. The quantitative estimate of drug-likeness (QED) is 0.485. The Bertz CT molecular complexity index is 1310. The summed E-state index contributed by atoms with van der Waals surface area (Å²) in [6.07, 6.45) is 2.91. The molecule has 0 aliphatic carbocycles. The molecule has 0 spiro atoms. The molecular formula is C29H33N3O4S. The molecule has 1 atom stereocenters. The molecule has 1 unspecified atom stereocenters. The van der Waals surface area contributed by atoms with Crippen molar-refractivity contribution in [3.8, 4) is 5.75 Å². The van der Waals surface area contributed by atoms with Crippen LogP contribution in [0.1, 0.15) is 36.0 Å². The Hall–Kier alpha value is -3.36. The van der Waals surface area contributed by atoms with Crippen LogP contribution < -0.4 is 14.4 Å². The van der Waals surface area contributed by atoms with Gasteiger partial charge in [-0.25, -0.2) is 8.42 Å². The molecule has 0 saturated carbocycles. The number of hydrogen-bond acceptors (Lipinski definition) is 5. The van der Waals surface area contributed by atoms with E-state index in [1.165, 1.54) is 29.1 Å². The fourth-order valence-electron chi connectivity index (χ4n) is 4.91. The second-order valence-electron chi connectivity index (χ2n) is 9.72. The van der Waals surface area contributed by atoms with E-state index in [-0.39, 0.29) is 18.2 Å². The van der Waals surface area contributed by atoms with Crippen LogP contribution in [0, 0.1) is 0 Å². The van der Waals surface area contributed by atoms with Crippen molar-refractivity contribution in [2.45, 2.75) is 44.2 Å². The van der Waals surface area contributed by atoms with Crippen molar-refractivity contribution in [2.24, 2.45) is 0 Å². The number of likely N-dealkylation sites (tertiary alicyclic amines) is 1. The SMILES string of the molecule is O=C(NCc1ccc(CN2CCCCC2)cc1)C1CN(S(=O)(=O)Cc2ccccc2)c2ccccc2O1. The number of rotatable bonds is 8. The molecule has 3 aromatic rings. The Morgan fingerprint density at radius 3 is 2.27 bits per heavy atom. The maximum Gasteiger partial charge on any atom is 0.263 e. The van der Waals surface area contributed by atoms with Gasteiger partial charge in [0.15, 0.2) is 6.10 Å². The Balaban J connectivity index is 1.23. The van der Waals surface area contributed by atoms with Gasteiger partial charge in [-0.05, 0) is 54.8 Å². The van der Waals surface area contributed by atoms with Crippen molar-refractivity contribution in [1.29, 1.82) is 0 Å². The average molecular weight is 520 g/mol. The number of anilines is 1. The van der Waals surface area contributed by atoms with Crippen LogP contribution in [0.5, 0.6) is 5.75 Å². The van der Waals surface area contributed by atoms with E-state index in [9.17, 15) is 13.2 Å². The average Bonchev–Trinajstić information content (AvgIpc) is 2.93. The molecule has 0 bridgehead atoms. The van der Waals surface area contributed by atoms with E-state index in [4.69, 9.17) is 4.74 Å². The fourth-order valence-corrected chi connectivity index (χ4v) is 6.49. The lowest BCUT2D eigenvalue weighted by molar-refractivity contribution is -0.127. The van der Waals surface area contributed by atoms with Gasteiger partial charge in [0.25, 0.3) is 5.91 Å². The number of hydrogen-bond donors (Lipinski definition) is 1. The normalized spacial score (nSPS) is 18.1. The van der Waals surface area contributed by atoms with Crippen LogP contribution in [0.25, 0.3) is 0 Å². The van der Waals surface area contributed by atoms with Crippen molar-refractivity contribution < 1.29 is 17.9 Å². The number of carbonyl (C=O) groups is 1. The second-order valence-corrected chi connectivity index (χ2v) is 11.6. The Morgan fingerprint density at radius 1 is 0.838 bits per heavy atom. The molecule has 0 radical (unpaired) electrons. The maximum atomic E-state index is 13.4. The lowest BCUT2D eigenvalue weighted by Gasteiger charge is -2.34. The first kappa shape index (κ1) is 25.3. The minimum atomic E-state index is -3.73. The Kier molecular flexibility index (Phi) is 7.76. The molecule has 8 heteroatoms. The van der Waals surface area contributed by atoms with Gasteiger partial charge < -0.3 is 10.1 Å². The van der Waals surface area contributed by atoms with Crippen LogP contribution in [0.4, 0.5) is 5.69 Å². The van der Waals surface area contributed by atoms with Gasteiger partial charge in [-0.1, -0.05) is 73.2 Å². The lowest BCUT2D eigenvalue weighted by atomic mass is 10.1. The summed E-state index contributed by atoms with van der Waals surface area (Å²) in [4.78, 5) is 15.6. The van der Waals surface area contributed by atoms with Gasteiger partial charge in [-0.15, -0.1) is 0 Å². The topological polar surface area (TPSA) is 79.0 Å². The summed E-state index contributed by atoms with van der Waals surface area (Å²) in [7, 11) is -3.73. The zero-order valence-electron chi connectivity index (χ0n) is 20.9. The third-order valence-electron chi connectivity index (χ3n) is 6.90. The Morgan fingerprint density at radius 2 is 1.51 bits per heavy atom. The Labute approximate surface area is 219 Å². The molecule has 1 saturated heterocycles. The number of sulfonamides is 1. The van der Waals surface area contributed by atoms with Gasteiger partial charge >= 0.3 is 0 Å². The van der Waals surface area contributed by atoms with Gasteiger partial charge in [-0.3, -0.25) is 14.0 Å². The minimum absolute atomic E-state index is 0.0766. The van der Waals surface area contributed by atoms with Crippen molar-refractivity contribution >= 4 is 21.6 Å². The summed E-state index contributed by atoms with van der Waals surface area (Å²) in [5.41, 5.74) is 3.40. The van der Waals surface area contributed by atoms with E-state index in [2.05, 4.69) is 22.3 Å². The molecule has 3 aromatic carbocycles. The molecule has 2 aliphatic rings. The van der Waals surface area contributed by atoms with Gasteiger partial charge in [0.2, 0.25) is 10.0 Å². The minimum Gasteiger partial charge on any atom is -0.476 e. The third kappa shape index (κ3) is 6.32. The van der Waals surface area contributed by atoms with E-state index in [1.807, 2.05) is 30.3 Å². The van der Waals surface area contributed by atoms with Crippen LogP contribution in [-0.2, 0) is 33.7 Å². The number of benzene rings is 3. The summed E-state index contributed by atoms with van der Waals surface area (Å²) in [5, 5.41) is 2.93. The number of fused-ring (bicyclic) bond motifs is 1. The number of nitrogens with one attached hydrogen (secondary N) is 1. The predicted molar refractivity (Wildman–Crippen MR) is 145 cm³/mol. The summed E-state index contributed by atoms with van der Waals surface area (Å²) < 4.78 is 34.0. The summed E-state index contributed by atoms with van der Waals surface area (Å²) in [6.45, 7) is 3.53. The summed E-state index contributed by atoms with van der Waals surface area (Å²) in [6, 6.07) is 24.3. The maximum absolute atomic E-state index is 13.4. The fraction of sp³-hybridized carbons (Fsp3) is 0.345. The van der Waals surface area contributed by atoms with Crippen molar-refractivity contribution in [3.63, 3.8) is 0 Å². The standard InChI is InChI=1S/C29H33N3O4S/c33-29(30-19-23-13-15-24(16-14-23)20-31-17-7-2-8-18-31)28-21-32(26-11-5-6-12-27(26)36-28)37(34,35)22-25-9-3-1-4-10-25/h1,3-6,9-16,28H,2,7-8,17-22H2,(H,30,33). The predicted octanol–water partition coefficient (Wildman–Crippen LogP) is 4.09. The summed E-state index contributed by atoms with van der Waals surface area (Å²) in [5.74, 6) is -0.111. The molecule has 5 rings (SSSR count). The van der Waals surface area contributed by atoms with E-state index >= 15 is 0 Å². The molecule has 2 aliphatic heterocycles. The molecule has 194 valence electrons. The van der Waals surface area contributed by atoms with E-state index in [1.54, 1.807) is 36.4 Å². The summed E-state index contributed by atoms with van der Waals surface area (Å²) >= 11 is 0. The third-order valence-corrected chi connectivity index (χ3v) is 8.61. The first-order valence-electron chi connectivity index (χ1n) is 12.9. The molecular weight excluding hydrogens is 486 g/mol. The molecule has 1 amide bonds. The highest BCUT2D eigenvalue weighted by atomic mass is 32.2. The highest BCUT2D eigenvalue weighted by molar-refractivity contribution is 7.92. The smallest absolute Gasteiger partial charge is 0.263 e. The number of para-hydroxylation sites is 2. The van der Waals surface area contributed by atoms with Gasteiger partial charge in [0, 0.05) is 13.1 Å². The van der Waals surface area contributed by atoms with Gasteiger partial charge in [0.05, 0.1) is 18.0 Å². The first-order valence-corrected chi connectivity index (χ1v) is 14.5. The van der Waals surface area contributed by atoms with E-state index in [0.717, 1.165) is 25.2 Å². The van der Waals surface area contributed by atoms with Crippen molar-refractivity contribution in [2.75, 3.05) is 23.9 Å². The molecule has 2 heterocycles. The number of piperidine rings is 1. The molecule has 1 fully saturated rings. The van der Waals surface area contributed by atoms with Gasteiger partial charge in [0.1, 0.15) is 5.75 Å². The lowest BCUT2D eigenvalue weighted by Crippen LogP contribution is -2.50. The second kappa shape index (κ2) is 11.4. The molecule has 1 N–H and O–H groups in total. The molecule has 37 heavy (non-hydrogen) atoms. The number of carbonyl (C=O) groups excluding carboxylic acids is 1. The van der Waals surface area contributed by atoms with Crippen molar-refractivity contribution in [3.05, 3.63) is 95.6 Å². The van der Waals surface area contributed by atoms with Crippen LogP contribution >= 0.6 is 0 Å². The number of nitrogens with zero attached hydrogens (tertiary/aromatic N) is 2. The highest BCUT2D eigenvalue weighted by Crippen LogP contribution is 2.35. The van der Waals surface area contributed by atoms with Crippen LogP contribution in [0.2, 0.25) is 0 Å². The largest absolute Gasteiger partial charge is 0.476 e. The van der Waals surface area contributed by atoms with Crippen molar-refractivity contribution in [1.82, 2.24) is 10.2 Å². The van der Waals surface area contributed by atoms with Crippen LogP contribution in [0.3, 0.4) is 0 Å². The highest BCUT2D eigenvalue weighted by Gasteiger charge is 2.36. The monoisotopic (exact) mass is 519 g/mol. The van der Waals surface area contributed by atoms with Gasteiger partial charge in [-0.2, -0.15) is 0 Å². The number of ether oxygens (including phenoxy) is 1.